The third-order valence-corrected chi connectivity index (χ3v) is 2.29. The first kappa shape index (κ1) is 12.4. The lowest BCUT2D eigenvalue weighted by molar-refractivity contribution is 0.237. The topological polar surface area (TPSA) is 20.2 Å². The molecule has 1 aliphatic rings. The Morgan fingerprint density at radius 3 is 2.77 bits per heavy atom. The van der Waals surface area contributed by atoms with Crippen LogP contribution in [-0.4, -0.2) is 11.7 Å². The van der Waals surface area contributed by atoms with Gasteiger partial charge < -0.3 is 5.11 Å². The molecule has 0 aromatic heterocycles. The average molecular weight is 182 g/mol. The number of rotatable bonds is 3. The largest absolute Gasteiger partial charge is 0.396 e. The maximum atomic E-state index is 8.87. The molecule has 2 atom stereocenters. The molecule has 13 heavy (non-hydrogen) atoms. The molecule has 0 aromatic carbocycles. The van der Waals surface area contributed by atoms with Gasteiger partial charge in [0.15, 0.2) is 0 Å². The number of aliphatic hydroxyl groups excluding tert-OH is 1. The van der Waals surface area contributed by atoms with E-state index in [2.05, 4.69) is 32.1 Å². The van der Waals surface area contributed by atoms with E-state index in [0.717, 1.165) is 12.8 Å². The lowest BCUT2D eigenvalue weighted by Gasteiger charge is -2.14. The molecule has 1 nitrogen and oxygen atoms in total. The first-order valence-corrected chi connectivity index (χ1v) is 4.70. The highest BCUT2D eigenvalue weighted by Crippen LogP contribution is 2.20. The van der Waals surface area contributed by atoms with E-state index in [0.29, 0.717) is 18.4 Å². The van der Waals surface area contributed by atoms with E-state index < -0.39 is 0 Å². The van der Waals surface area contributed by atoms with Gasteiger partial charge in [0, 0.05) is 6.61 Å². The molecule has 1 aliphatic carbocycles. The molecule has 76 valence electrons. The van der Waals surface area contributed by atoms with Crippen LogP contribution in [0.3, 0.4) is 0 Å². The number of allylic oxidation sites excluding steroid dienone is 4. The van der Waals surface area contributed by atoms with Gasteiger partial charge in [-0.05, 0) is 24.7 Å². The minimum atomic E-state index is 0. The molecule has 0 aliphatic heterocycles. The normalized spacial score (nSPS) is 23.3. The summed E-state index contributed by atoms with van der Waals surface area (Å²) >= 11 is 0. The molecule has 0 saturated heterocycles. The zero-order valence-corrected chi connectivity index (χ0v) is 7.96. The number of hydrogen-bond acceptors (Lipinski definition) is 1. The van der Waals surface area contributed by atoms with Crippen LogP contribution in [0.4, 0.5) is 0 Å². The van der Waals surface area contributed by atoms with Crippen molar-refractivity contribution in [2.45, 2.75) is 34.1 Å². The molecule has 0 fully saturated rings. The van der Waals surface area contributed by atoms with Crippen molar-refractivity contribution in [1.29, 1.82) is 0 Å². The standard InChI is InChI=1S/C11H18O.CH4/c1-9-3-5-11(6-4-9)7-10(2)8-12;/h3,5-6,9-10,12H,4,7-8H2,1-2H3;1H4. The molecule has 1 N–H and O–H groups in total. The third kappa shape index (κ3) is 4.28. The van der Waals surface area contributed by atoms with Crippen LogP contribution in [-0.2, 0) is 0 Å². The highest BCUT2D eigenvalue weighted by molar-refractivity contribution is 5.23. The Morgan fingerprint density at radius 1 is 1.62 bits per heavy atom. The van der Waals surface area contributed by atoms with Gasteiger partial charge in [-0.25, -0.2) is 0 Å². The van der Waals surface area contributed by atoms with E-state index in [1.54, 1.807) is 0 Å². The highest BCUT2D eigenvalue weighted by Gasteiger charge is 2.06. The summed E-state index contributed by atoms with van der Waals surface area (Å²) < 4.78 is 0. The second-order valence-corrected chi connectivity index (χ2v) is 3.84. The van der Waals surface area contributed by atoms with Crippen LogP contribution in [0.5, 0.6) is 0 Å². The van der Waals surface area contributed by atoms with Gasteiger partial charge in [-0.3, -0.25) is 0 Å². The van der Waals surface area contributed by atoms with Crippen molar-refractivity contribution in [3.8, 4) is 0 Å². The third-order valence-electron chi connectivity index (χ3n) is 2.29. The predicted molar refractivity (Wildman–Crippen MR) is 58.6 cm³/mol. The Bertz CT molecular complexity index is 191. The molecular formula is C12H22O. The van der Waals surface area contributed by atoms with E-state index in [1.807, 2.05) is 0 Å². The van der Waals surface area contributed by atoms with Gasteiger partial charge >= 0.3 is 0 Å². The summed E-state index contributed by atoms with van der Waals surface area (Å²) in [4.78, 5) is 0. The Labute approximate surface area is 82.2 Å². The SMILES string of the molecule is C.CC1C=CC(CC(C)CO)=CC1. The van der Waals surface area contributed by atoms with Crippen LogP contribution in [0.1, 0.15) is 34.1 Å². The smallest absolute Gasteiger partial charge is 0.0459 e. The molecule has 0 spiro atoms. The molecule has 0 radical (unpaired) electrons. The molecule has 0 bridgehead atoms. The Morgan fingerprint density at radius 2 is 2.31 bits per heavy atom. The van der Waals surface area contributed by atoms with E-state index in [-0.39, 0.29) is 7.43 Å². The summed E-state index contributed by atoms with van der Waals surface area (Å²) in [6, 6.07) is 0. The summed E-state index contributed by atoms with van der Waals surface area (Å²) in [7, 11) is 0. The van der Waals surface area contributed by atoms with Crippen LogP contribution in [0, 0.1) is 11.8 Å². The van der Waals surface area contributed by atoms with Gasteiger partial charge in [-0.2, -0.15) is 0 Å². The summed E-state index contributed by atoms with van der Waals surface area (Å²) in [6.07, 6.45) is 8.90. The monoisotopic (exact) mass is 182 g/mol. The van der Waals surface area contributed by atoms with Crippen LogP contribution < -0.4 is 0 Å². The van der Waals surface area contributed by atoms with Crippen LogP contribution in [0.25, 0.3) is 0 Å². The molecule has 0 aromatic rings. The second kappa shape index (κ2) is 5.98. The van der Waals surface area contributed by atoms with Gasteiger partial charge in [0.25, 0.3) is 0 Å². The Kier molecular flexibility index (Phi) is 5.72. The average Bonchev–Trinajstić information content (AvgIpc) is 2.09. The summed E-state index contributed by atoms with van der Waals surface area (Å²) in [5, 5.41) is 8.87. The van der Waals surface area contributed by atoms with E-state index in [9.17, 15) is 0 Å². The molecular weight excluding hydrogens is 160 g/mol. The number of aliphatic hydroxyl groups is 1. The van der Waals surface area contributed by atoms with Gasteiger partial charge in [-0.15, -0.1) is 0 Å². The van der Waals surface area contributed by atoms with Crippen molar-refractivity contribution >= 4 is 0 Å². The quantitative estimate of drug-likeness (QED) is 0.711. The Hall–Kier alpha value is -0.560. The zero-order valence-electron chi connectivity index (χ0n) is 7.96. The van der Waals surface area contributed by atoms with Crippen molar-refractivity contribution in [3.05, 3.63) is 23.8 Å². The maximum absolute atomic E-state index is 8.87. The summed E-state index contributed by atoms with van der Waals surface area (Å²) in [6.45, 7) is 4.59. The summed E-state index contributed by atoms with van der Waals surface area (Å²) in [5.41, 5.74) is 1.38. The second-order valence-electron chi connectivity index (χ2n) is 3.84. The molecule has 1 heteroatoms. The minimum Gasteiger partial charge on any atom is -0.396 e. The van der Waals surface area contributed by atoms with Crippen molar-refractivity contribution in [2.24, 2.45) is 11.8 Å². The molecule has 0 saturated carbocycles. The van der Waals surface area contributed by atoms with Crippen LogP contribution in [0.15, 0.2) is 23.8 Å². The van der Waals surface area contributed by atoms with Crippen molar-refractivity contribution < 1.29 is 5.11 Å². The molecule has 0 amide bonds. The van der Waals surface area contributed by atoms with Crippen molar-refractivity contribution in [1.82, 2.24) is 0 Å². The van der Waals surface area contributed by atoms with Gasteiger partial charge in [0.2, 0.25) is 0 Å². The van der Waals surface area contributed by atoms with E-state index in [1.165, 1.54) is 5.57 Å². The van der Waals surface area contributed by atoms with Gasteiger partial charge in [0.05, 0.1) is 0 Å². The van der Waals surface area contributed by atoms with E-state index in [4.69, 9.17) is 5.11 Å². The predicted octanol–water partition coefficient (Wildman–Crippen LogP) is 3.16. The maximum Gasteiger partial charge on any atom is 0.0459 e. The summed E-state index contributed by atoms with van der Waals surface area (Å²) in [5.74, 6) is 1.09. The zero-order chi connectivity index (χ0) is 8.97. The van der Waals surface area contributed by atoms with Gasteiger partial charge in [-0.1, -0.05) is 45.1 Å². The molecule has 0 heterocycles. The lowest BCUT2D eigenvalue weighted by Crippen LogP contribution is -2.03. The molecule has 2 unspecified atom stereocenters. The Balaban J connectivity index is 0.00000144. The van der Waals surface area contributed by atoms with E-state index >= 15 is 0 Å². The fraction of sp³-hybridized carbons (Fsp3) is 0.667. The highest BCUT2D eigenvalue weighted by atomic mass is 16.3. The van der Waals surface area contributed by atoms with Crippen molar-refractivity contribution in [2.75, 3.05) is 6.61 Å². The minimum absolute atomic E-state index is 0. The first-order chi connectivity index (χ1) is 5.72. The lowest BCUT2D eigenvalue weighted by atomic mass is 9.93. The van der Waals surface area contributed by atoms with Crippen molar-refractivity contribution in [3.63, 3.8) is 0 Å². The van der Waals surface area contributed by atoms with Gasteiger partial charge in [0.1, 0.15) is 0 Å². The van der Waals surface area contributed by atoms with Crippen LogP contribution >= 0.6 is 0 Å². The fourth-order valence-corrected chi connectivity index (χ4v) is 1.39. The van der Waals surface area contributed by atoms with Crippen LogP contribution in [0.2, 0.25) is 0 Å². The molecule has 1 rings (SSSR count). The number of hydrogen-bond donors (Lipinski definition) is 1. The fourth-order valence-electron chi connectivity index (χ4n) is 1.39. The first-order valence-electron chi connectivity index (χ1n) is 4.70.